The number of benzene rings is 1. The first-order chi connectivity index (χ1) is 17.8. The van der Waals surface area contributed by atoms with E-state index in [1.165, 1.54) is 4.90 Å². The van der Waals surface area contributed by atoms with Gasteiger partial charge in [0.25, 0.3) is 0 Å². The van der Waals surface area contributed by atoms with Crippen LogP contribution in [0.5, 0.6) is 0 Å². The number of aliphatic hydroxyl groups excluding tert-OH is 1. The average Bonchev–Trinajstić information content (AvgIpc) is 3.17. The number of rotatable bonds is 7. The van der Waals surface area contributed by atoms with Crippen LogP contribution in [0.3, 0.4) is 0 Å². The monoisotopic (exact) mass is 508 g/mol. The van der Waals surface area contributed by atoms with Crippen molar-refractivity contribution in [1.29, 1.82) is 0 Å². The third-order valence-corrected chi connectivity index (χ3v) is 8.60. The van der Waals surface area contributed by atoms with Crippen LogP contribution < -0.4 is 0 Å². The second-order valence-corrected chi connectivity index (χ2v) is 10.5. The van der Waals surface area contributed by atoms with Gasteiger partial charge in [-0.2, -0.15) is 0 Å². The Bertz CT molecular complexity index is 1120. The highest BCUT2D eigenvalue weighted by Crippen LogP contribution is 2.59. The van der Waals surface area contributed by atoms with Crippen molar-refractivity contribution in [3.63, 3.8) is 0 Å². The van der Waals surface area contributed by atoms with Gasteiger partial charge in [0, 0.05) is 12.6 Å². The van der Waals surface area contributed by atoms with Gasteiger partial charge in [-0.25, -0.2) is 0 Å². The molecule has 2 unspecified atom stereocenters. The van der Waals surface area contributed by atoms with E-state index in [2.05, 4.69) is 6.92 Å². The first-order valence-corrected chi connectivity index (χ1v) is 13.4. The Morgan fingerprint density at radius 3 is 2.49 bits per heavy atom. The van der Waals surface area contributed by atoms with E-state index in [4.69, 9.17) is 9.47 Å². The van der Waals surface area contributed by atoms with E-state index < -0.39 is 41.1 Å². The summed E-state index contributed by atoms with van der Waals surface area (Å²) < 4.78 is 12.4. The van der Waals surface area contributed by atoms with E-state index in [-0.39, 0.29) is 31.1 Å². The molecule has 8 heteroatoms. The molecule has 198 valence electrons. The third kappa shape index (κ3) is 3.76. The lowest BCUT2D eigenvalue weighted by molar-refractivity contribution is -0.162. The number of carbonyl (C=O) groups excluding carboxylic acids is 3. The number of amides is 2. The molecule has 2 amide bonds. The molecular weight excluding hydrogens is 472 g/mol. The van der Waals surface area contributed by atoms with Gasteiger partial charge in [-0.1, -0.05) is 68.8 Å². The minimum absolute atomic E-state index is 0.0468. The lowest BCUT2D eigenvalue weighted by Gasteiger charge is -2.41. The molecule has 8 nitrogen and oxygen atoms in total. The molecule has 2 fully saturated rings. The van der Waals surface area contributed by atoms with Gasteiger partial charge in [-0.05, 0) is 31.4 Å². The number of esters is 1. The molecule has 37 heavy (non-hydrogen) atoms. The molecule has 4 heterocycles. The fraction of sp³-hybridized carbons (Fsp3) is 0.552. The van der Waals surface area contributed by atoms with E-state index in [0.29, 0.717) is 18.5 Å². The summed E-state index contributed by atoms with van der Waals surface area (Å²) in [4.78, 5) is 45.6. The van der Waals surface area contributed by atoms with Crippen molar-refractivity contribution in [3.05, 3.63) is 60.2 Å². The van der Waals surface area contributed by atoms with Gasteiger partial charge in [-0.15, -0.1) is 0 Å². The lowest BCUT2D eigenvalue weighted by atomic mass is 9.73. The largest absolute Gasteiger partial charge is 0.461 e. The van der Waals surface area contributed by atoms with Gasteiger partial charge in [0.05, 0.1) is 18.6 Å². The number of hydrogen-bond donors (Lipinski definition) is 1. The predicted molar refractivity (Wildman–Crippen MR) is 136 cm³/mol. The lowest BCUT2D eigenvalue weighted by Crippen LogP contribution is -2.58. The summed E-state index contributed by atoms with van der Waals surface area (Å²) in [6.45, 7) is 6.14. The Morgan fingerprint density at radius 1 is 1.05 bits per heavy atom. The number of aliphatic hydroxyl groups is 1. The number of nitrogens with zero attached hydrogens (tertiary/aromatic N) is 2. The van der Waals surface area contributed by atoms with Crippen LogP contribution in [0.2, 0.25) is 0 Å². The normalized spacial score (nSPS) is 34.4. The Labute approximate surface area is 217 Å². The smallest absolute Gasteiger partial charge is 0.313 e. The van der Waals surface area contributed by atoms with E-state index in [1.807, 2.05) is 62.4 Å². The Kier molecular flexibility index (Phi) is 6.75. The molecule has 1 aromatic carbocycles. The number of cyclic esters (lactones) is 1. The zero-order valence-electron chi connectivity index (χ0n) is 21.7. The number of hydrogen-bond acceptors (Lipinski definition) is 6. The number of ether oxygens (including phenoxy) is 2. The average molecular weight is 509 g/mol. The van der Waals surface area contributed by atoms with Crippen LogP contribution in [-0.2, 0) is 23.9 Å². The quantitative estimate of drug-likeness (QED) is 0.450. The Morgan fingerprint density at radius 2 is 1.81 bits per heavy atom. The maximum Gasteiger partial charge on any atom is 0.313 e. The molecule has 1 aromatic rings. The maximum atomic E-state index is 14.5. The molecule has 1 spiro atoms. The molecule has 0 radical (unpaired) electrons. The van der Waals surface area contributed by atoms with Gasteiger partial charge in [-0.3, -0.25) is 14.4 Å². The standard InChI is InChI=1S/C29H36N2O6/c1-4-11-19(3)30-16-9-15-29-22(23-27(35)36-17-10-14-28(23,5-2)37-29)25(33)31(24(29)26(30)34)21(18-32)20-12-7-6-8-13-20/h6-10,12-15,19,21-24,32H,4-5,11,16-18H2,1-3H3/t19?,21-,22+,23-,24?,28+,29+/m1/s1. The summed E-state index contributed by atoms with van der Waals surface area (Å²) in [5, 5.41) is 10.6. The molecule has 2 saturated heterocycles. The first kappa shape index (κ1) is 25.7. The van der Waals surface area contributed by atoms with Crippen LogP contribution in [0.4, 0.5) is 0 Å². The maximum absolute atomic E-state index is 14.5. The molecule has 5 rings (SSSR count). The molecular formula is C29H36N2O6. The number of carbonyl (C=O) groups is 3. The fourth-order valence-electron chi connectivity index (χ4n) is 6.89. The minimum atomic E-state index is -1.36. The van der Waals surface area contributed by atoms with Gasteiger partial charge in [0.15, 0.2) is 0 Å². The zero-order chi connectivity index (χ0) is 26.4. The van der Waals surface area contributed by atoms with Crippen molar-refractivity contribution in [3.8, 4) is 0 Å². The molecule has 4 aliphatic heterocycles. The summed E-state index contributed by atoms with van der Waals surface area (Å²) in [7, 11) is 0. The summed E-state index contributed by atoms with van der Waals surface area (Å²) in [5.41, 5.74) is -1.71. The van der Waals surface area contributed by atoms with E-state index >= 15 is 0 Å². The van der Waals surface area contributed by atoms with E-state index in [1.54, 1.807) is 11.0 Å². The van der Waals surface area contributed by atoms with Gasteiger partial charge < -0.3 is 24.4 Å². The van der Waals surface area contributed by atoms with Crippen molar-refractivity contribution < 1.29 is 29.0 Å². The minimum Gasteiger partial charge on any atom is -0.461 e. The highest BCUT2D eigenvalue weighted by atomic mass is 16.6. The van der Waals surface area contributed by atoms with Crippen molar-refractivity contribution in [2.24, 2.45) is 11.8 Å². The molecule has 0 bridgehead atoms. The fourth-order valence-corrected chi connectivity index (χ4v) is 6.89. The van der Waals surface area contributed by atoms with Crippen molar-refractivity contribution in [1.82, 2.24) is 9.80 Å². The zero-order valence-corrected chi connectivity index (χ0v) is 21.7. The number of fused-ring (bicyclic) bond motifs is 2. The Hall–Kier alpha value is -2.97. The molecule has 0 saturated carbocycles. The van der Waals surface area contributed by atoms with Crippen molar-refractivity contribution in [2.75, 3.05) is 19.8 Å². The topological polar surface area (TPSA) is 96.4 Å². The van der Waals surface area contributed by atoms with Crippen LogP contribution in [0.15, 0.2) is 54.6 Å². The summed E-state index contributed by atoms with van der Waals surface area (Å²) in [6, 6.07) is 7.37. The SMILES string of the molecule is CCCC(C)N1CC=C[C@]23O[C@@]4(CC)C=CCOC(=O)[C@H]4[C@H]2C(=O)N([C@H](CO)c2ccccc2)C3C1=O. The summed E-state index contributed by atoms with van der Waals surface area (Å²) >= 11 is 0. The van der Waals surface area contributed by atoms with Crippen LogP contribution in [0, 0.1) is 11.8 Å². The van der Waals surface area contributed by atoms with Crippen LogP contribution in [0.25, 0.3) is 0 Å². The predicted octanol–water partition coefficient (Wildman–Crippen LogP) is 2.78. The third-order valence-electron chi connectivity index (χ3n) is 8.60. The molecule has 7 atom stereocenters. The first-order valence-electron chi connectivity index (χ1n) is 13.4. The van der Waals surface area contributed by atoms with Crippen molar-refractivity contribution >= 4 is 17.8 Å². The molecule has 0 aromatic heterocycles. The number of likely N-dealkylation sites (tertiary alicyclic amines) is 1. The molecule has 0 aliphatic carbocycles. The van der Waals surface area contributed by atoms with Gasteiger partial charge in [0.2, 0.25) is 11.8 Å². The molecule has 4 aliphatic rings. The van der Waals surface area contributed by atoms with Crippen LogP contribution in [-0.4, -0.2) is 75.7 Å². The van der Waals surface area contributed by atoms with Crippen LogP contribution in [0.1, 0.15) is 51.6 Å². The molecule has 1 N–H and O–H groups in total. The second-order valence-electron chi connectivity index (χ2n) is 10.5. The van der Waals surface area contributed by atoms with Gasteiger partial charge >= 0.3 is 5.97 Å². The highest BCUT2D eigenvalue weighted by molar-refractivity contribution is 5.99. The van der Waals surface area contributed by atoms with Crippen molar-refractivity contribution in [2.45, 2.75) is 69.4 Å². The summed E-state index contributed by atoms with van der Waals surface area (Å²) in [6.07, 6.45) is 9.50. The van der Waals surface area contributed by atoms with Gasteiger partial charge in [0.1, 0.15) is 29.8 Å². The highest BCUT2D eigenvalue weighted by Gasteiger charge is 2.76. The van der Waals surface area contributed by atoms with E-state index in [0.717, 1.165) is 12.8 Å². The van der Waals surface area contributed by atoms with E-state index in [9.17, 15) is 19.5 Å². The Balaban J connectivity index is 1.70. The second kappa shape index (κ2) is 9.72. The van der Waals surface area contributed by atoms with Crippen LogP contribution >= 0.6 is 0 Å². The summed E-state index contributed by atoms with van der Waals surface area (Å²) in [5.74, 6) is -2.94.